The fraction of sp³-hybridized carbons (Fsp3) is 0.542. The maximum absolute atomic E-state index is 4.86. The van der Waals surface area contributed by atoms with Crippen LogP contribution < -0.4 is 0 Å². The van der Waals surface area contributed by atoms with Crippen LogP contribution >= 0.6 is 0 Å². The Bertz CT molecular complexity index is 891. The van der Waals surface area contributed by atoms with E-state index in [-0.39, 0.29) is 20.1 Å². The molecule has 2 atom stereocenters. The molecule has 5 aliphatic rings. The van der Waals surface area contributed by atoms with Crippen LogP contribution in [0.25, 0.3) is 11.3 Å². The minimum atomic E-state index is 0. The van der Waals surface area contributed by atoms with Gasteiger partial charge in [-0.2, -0.15) is 0 Å². The van der Waals surface area contributed by atoms with Gasteiger partial charge in [0.25, 0.3) is 0 Å². The first kappa shape index (κ1) is 17.1. The molecule has 4 bridgehead atoms. The molecule has 2 unspecified atom stereocenters. The molecule has 0 aliphatic heterocycles. The Morgan fingerprint density at radius 3 is 2.31 bits per heavy atom. The summed E-state index contributed by atoms with van der Waals surface area (Å²) in [5, 5.41) is 0. The summed E-state index contributed by atoms with van der Waals surface area (Å²) in [6.07, 6.45) is 11.6. The van der Waals surface area contributed by atoms with Crippen molar-refractivity contribution in [2.45, 2.75) is 81.5 Å². The van der Waals surface area contributed by atoms with Gasteiger partial charge in [0.15, 0.2) is 0 Å². The van der Waals surface area contributed by atoms with Gasteiger partial charge < -0.3 is 4.98 Å². The van der Waals surface area contributed by atoms with E-state index >= 15 is 0 Å². The van der Waals surface area contributed by atoms with Crippen molar-refractivity contribution in [1.82, 2.24) is 4.98 Å². The van der Waals surface area contributed by atoms with Crippen molar-refractivity contribution < 1.29 is 20.1 Å². The molecule has 2 saturated carbocycles. The van der Waals surface area contributed by atoms with Crippen molar-refractivity contribution in [2.24, 2.45) is 0 Å². The molecule has 5 aliphatic carbocycles. The quantitative estimate of drug-likeness (QED) is 0.420. The number of pyridine rings is 1. The smallest absolute Gasteiger partial charge is 0.0198 e. The molecule has 26 heavy (non-hydrogen) atoms. The summed E-state index contributed by atoms with van der Waals surface area (Å²) >= 11 is 0. The first-order valence-electron chi connectivity index (χ1n) is 10.1. The van der Waals surface area contributed by atoms with Gasteiger partial charge in [-0.15, -0.1) is 34.9 Å². The van der Waals surface area contributed by atoms with Crippen LogP contribution in [-0.2, 0) is 30.9 Å². The van der Waals surface area contributed by atoms with Crippen molar-refractivity contribution in [3.05, 3.63) is 52.7 Å². The third kappa shape index (κ3) is 2.15. The Balaban J connectivity index is 0.00000150. The van der Waals surface area contributed by atoms with Gasteiger partial charge in [-0.25, -0.2) is 0 Å². The predicted molar refractivity (Wildman–Crippen MR) is 101 cm³/mol. The van der Waals surface area contributed by atoms with Gasteiger partial charge in [-0.05, 0) is 71.6 Å². The molecule has 1 aromatic carbocycles. The molecule has 1 nitrogen and oxygen atoms in total. The summed E-state index contributed by atoms with van der Waals surface area (Å²) in [4.78, 5) is 4.86. The van der Waals surface area contributed by atoms with Gasteiger partial charge in [-0.1, -0.05) is 32.8 Å². The van der Waals surface area contributed by atoms with Crippen LogP contribution in [0.4, 0.5) is 0 Å². The zero-order valence-electron chi connectivity index (χ0n) is 15.7. The molecule has 7 rings (SSSR count). The standard InChI is InChI=1S/C24H26N.Ir/c1-23-7-9-24(2,10-8-23)21-12-17(5-6-20(21)23)22-13-18-15-3-4-16(11-15)19(18)14-25-22;/h6,12-16H,3-4,7-11H2,1-2H3;/q-1;. The molecule has 137 valence electrons. The third-order valence-corrected chi connectivity index (χ3v) is 8.26. The fourth-order valence-electron chi connectivity index (χ4n) is 6.40. The minimum Gasteiger partial charge on any atom is -0.304 e. The van der Waals surface area contributed by atoms with Crippen LogP contribution in [0.1, 0.15) is 92.9 Å². The molecule has 2 fully saturated rings. The summed E-state index contributed by atoms with van der Waals surface area (Å²) in [7, 11) is 0. The molecule has 2 heteroatoms. The molecule has 2 aromatic rings. The summed E-state index contributed by atoms with van der Waals surface area (Å²) < 4.78 is 0. The summed E-state index contributed by atoms with van der Waals surface area (Å²) in [6, 6.07) is 10.8. The topological polar surface area (TPSA) is 12.9 Å². The second-order valence-corrected chi connectivity index (χ2v) is 9.70. The SMILES string of the molecule is CC12CCC(C)(CC1)c1cc(-c3cc4c(cn3)C3CCC4C3)[c-]cc12.[Ir]. The number of nitrogens with zero attached hydrogens (tertiary/aromatic N) is 1. The molecule has 1 heterocycles. The Kier molecular flexibility index (Phi) is 3.64. The number of rotatable bonds is 1. The van der Waals surface area contributed by atoms with Gasteiger partial charge in [0, 0.05) is 26.3 Å². The first-order valence-corrected chi connectivity index (χ1v) is 10.1. The Labute approximate surface area is 170 Å². The van der Waals surface area contributed by atoms with Gasteiger partial charge >= 0.3 is 0 Å². The number of hydrogen-bond donors (Lipinski definition) is 0. The van der Waals surface area contributed by atoms with Crippen molar-refractivity contribution in [3.63, 3.8) is 0 Å². The van der Waals surface area contributed by atoms with E-state index in [9.17, 15) is 0 Å². The average molecular weight is 521 g/mol. The molecule has 0 saturated heterocycles. The van der Waals surface area contributed by atoms with Crippen LogP contribution in [0.3, 0.4) is 0 Å². The third-order valence-electron chi connectivity index (χ3n) is 8.26. The fourth-order valence-corrected chi connectivity index (χ4v) is 6.40. The largest absolute Gasteiger partial charge is 0.304 e. The van der Waals surface area contributed by atoms with E-state index < -0.39 is 0 Å². The Morgan fingerprint density at radius 1 is 0.923 bits per heavy atom. The van der Waals surface area contributed by atoms with E-state index in [0.717, 1.165) is 17.5 Å². The average Bonchev–Trinajstić information content (AvgIpc) is 3.25. The van der Waals surface area contributed by atoms with E-state index in [0.29, 0.717) is 10.8 Å². The molecule has 1 aromatic heterocycles. The van der Waals surface area contributed by atoms with Crippen LogP contribution in [0, 0.1) is 6.07 Å². The molecule has 0 spiro atoms. The van der Waals surface area contributed by atoms with E-state index in [1.807, 2.05) is 0 Å². The van der Waals surface area contributed by atoms with E-state index in [4.69, 9.17) is 4.98 Å². The predicted octanol–water partition coefficient (Wildman–Crippen LogP) is 6.01. The van der Waals surface area contributed by atoms with Gasteiger partial charge in [-0.3, -0.25) is 0 Å². The van der Waals surface area contributed by atoms with Crippen LogP contribution in [0.2, 0.25) is 0 Å². The van der Waals surface area contributed by atoms with E-state index in [2.05, 4.69) is 44.3 Å². The van der Waals surface area contributed by atoms with E-state index in [1.54, 1.807) is 16.7 Å². The number of aromatic nitrogens is 1. The number of hydrogen-bond acceptors (Lipinski definition) is 1. The normalized spacial score (nSPS) is 35.8. The number of benzene rings is 1. The van der Waals surface area contributed by atoms with Crippen LogP contribution in [0.15, 0.2) is 24.4 Å². The van der Waals surface area contributed by atoms with Crippen molar-refractivity contribution in [2.75, 3.05) is 0 Å². The minimum absolute atomic E-state index is 0. The van der Waals surface area contributed by atoms with Gasteiger partial charge in [0.2, 0.25) is 0 Å². The Morgan fingerprint density at radius 2 is 1.58 bits per heavy atom. The van der Waals surface area contributed by atoms with Crippen molar-refractivity contribution >= 4 is 0 Å². The maximum Gasteiger partial charge on any atom is 0.0198 e. The Hall–Kier alpha value is -0.981. The summed E-state index contributed by atoms with van der Waals surface area (Å²) in [5.74, 6) is 1.59. The summed E-state index contributed by atoms with van der Waals surface area (Å²) in [6.45, 7) is 4.94. The van der Waals surface area contributed by atoms with Crippen molar-refractivity contribution in [3.8, 4) is 11.3 Å². The molecular weight excluding hydrogens is 494 g/mol. The van der Waals surface area contributed by atoms with Crippen molar-refractivity contribution in [1.29, 1.82) is 0 Å². The zero-order valence-corrected chi connectivity index (χ0v) is 18.1. The van der Waals surface area contributed by atoms with Gasteiger partial charge in [0.1, 0.15) is 0 Å². The second-order valence-electron chi connectivity index (χ2n) is 9.70. The molecule has 0 N–H and O–H groups in total. The van der Waals surface area contributed by atoms with E-state index in [1.165, 1.54) is 56.1 Å². The molecular formula is C24H26IrN-. The molecule has 0 amide bonds. The van der Waals surface area contributed by atoms with Crippen LogP contribution in [0.5, 0.6) is 0 Å². The van der Waals surface area contributed by atoms with Crippen LogP contribution in [-0.4, -0.2) is 4.98 Å². The first-order chi connectivity index (χ1) is 12.1. The zero-order chi connectivity index (χ0) is 16.8. The maximum atomic E-state index is 4.86. The summed E-state index contributed by atoms with van der Waals surface area (Å²) in [5.41, 5.74) is 9.38. The van der Waals surface area contributed by atoms with Gasteiger partial charge in [0.05, 0.1) is 0 Å². The monoisotopic (exact) mass is 521 g/mol. The number of fused-ring (bicyclic) bond motifs is 7. The molecule has 1 radical (unpaired) electrons. The second kappa shape index (κ2) is 5.52.